The van der Waals surface area contributed by atoms with E-state index in [0.717, 1.165) is 61.1 Å². The quantitative estimate of drug-likeness (QED) is 0.214. The van der Waals surface area contributed by atoms with Gasteiger partial charge >= 0.3 is 29.8 Å². The van der Waals surface area contributed by atoms with Gasteiger partial charge in [0.05, 0.1) is 0 Å². The Morgan fingerprint density at radius 3 is 2.02 bits per heavy atom. The zero-order chi connectivity index (χ0) is 34.5. The van der Waals surface area contributed by atoms with Crippen LogP contribution in [-0.4, -0.2) is 60.9 Å². The Balaban J connectivity index is 1.85. The van der Waals surface area contributed by atoms with E-state index in [1.54, 1.807) is 30.3 Å². The fourth-order valence-corrected chi connectivity index (χ4v) is 6.40. The van der Waals surface area contributed by atoms with Gasteiger partial charge in [-0.1, -0.05) is 24.3 Å². The number of halogens is 1. The Morgan fingerprint density at radius 1 is 0.787 bits per heavy atom. The molecule has 0 amide bonds. The van der Waals surface area contributed by atoms with Crippen molar-refractivity contribution in [2.45, 2.75) is 78.2 Å². The molecule has 2 heterocycles. The third-order valence-corrected chi connectivity index (χ3v) is 8.37. The molecule has 4 rings (SSSR count). The molecule has 1 aliphatic heterocycles. The molecule has 13 heteroatoms. The monoisotopic (exact) mass is 670 g/mol. The average Bonchev–Trinajstić information content (AvgIpc) is 3.44. The maximum absolute atomic E-state index is 13.5. The van der Waals surface area contributed by atoms with Gasteiger partial charge in [-0.3, -0.25) is 24.0 Å². The van der Waals surface area contributed by atoms with Crippen molar-refractivity contribution in [3.63, 3.8) is 0 Å². The van der Waals surface area contributed by atoms with Gasteiger partial charge in [-0.25, -0.2) is 4.39 Å². The summed E-state index contributed by atoms with van der Waals surface area (Å²) in [6.07, 6.45) is -5.59. The largest absolute Gasteiger partial charge is 0.463 e. The van der Waals surface area contributed by atoms with E-state index in [-0.39, 0.29) is 11.4 Å². The Morgan fingerprint density at radius 2 is 1.43 bits per heavy atom. The third-order valence-electron chi connectivity index (χ3n) is 7.24. The highest BCUT2D eigenvalue weighted by Crippen LogP contribution is 2.44. The molecule has 0 N–H and O–H groups in total. The van der Waals surface area contributed by atoms with Gasteiger partial charge in [0, 0.05) is 56.4 Å². The van der Waals surface area contributed by atoms with E-state index in [1.165, 1.54) is 23.5 Å². The minimum atomic E-state index is -2.25. The normalized spacial score (nSPS) is 22.1. The summed E-state index contributed by atoms with van der Waals surface area (Å²) in [5.74, 6) is -6.57. The Bertz CT molecular complexity index is 1650. The number of carbonyl (C=O) groups excluding carboxylic acids is 5. The van der Waals surface area contributed by atoms with Crippen molar-refractivity contribution in [3.8, 4) is 10.4 Å². The molecule has 1 saturated heterocycles. The highest BCUT2D eigenvalue weighted by atomic mass is 32.1. The molecule has 5 atom stereocenters. The first kappa shape index (κ1) is 35.2. The summed E-state index contributed by atoms with van der Waals surface area (Å²) in [6.45, 7) is 6.98. The Labute approximate surface area is 274 Å². The van der Waals surface area contributed by atoms with Crippen LogP contribution in [0.1, 0.15) is 56.2 Å². The van der Waals surface area contributed by atoms with Gasteiger partial charge in [0.1, 0.15) is 18.5 Å². The first-order valence-corrected chi connectivity index (χ1v) is 15.5. The third kappa shape index (κ3) is 8.60. The lowest BCUT2D eigenvalue weighted by Gasteiger charge is -2.50. The smallest absolute Gasteiger partial charge is 0.305 e. The lowest BCUT2D eigenvalue weighted by molar-refractivity contribution is -0.361. The number of ether oxygens (including phenoxy) is 6. The van der Waals surface area contributed by atoms with Gasteiger partial charge in [-0.15, -0.1) is 11.3 Å². The maximum Gasteiger partial charge on any atom is 0.305 e. The van der Waals surface area contributed by atoms with Gasteiger partial charge in [0.2, 0.25) is 6.10 Å². The van der Waals surface area contributed by atoms with Crippen LogP contribution in [0.15, 0.2) is 54.6 Å². The van der Waals surface area contributed by atoms with Crippen molar-refractivity contribution >= 4 is 41.2 Å². The number of thiophene rings is 1. The van der Waals surface area contributed by atoms with Crippen LogP contribution < -0.4 is 0 Å². The SMILES string of the molecule is CC(=O)OC[C@H]1O[C@@](OC(C)=O)(c2ccc(C)c(Cc3ccc(-c4ccc(F)cc4)s3)c2)[C@H](OC(C)=O)[C@@H](OC(C)=O)[C@@H]1OC(C)=O. The molecule has 0 aliphatic carbocycles. The molecule has 47 heavy (non-hydrogen) atoms. The number of benzene rings is 2. The average molecular weight is 671 g/mol. The standard InChI is InChI=1S/C34H35FO11S/c1-18-7-10-26(15-25(18)16-28-13-14-30(47-28)24-8-11-27(35)12-9-24)34(45-23(6)40)33(44-22(5)39)32(43-21(4)38)31(42-20(3)37)29(46-34)17-41-19(2)36/h7-15,29,31-33H,16-17H2,1-6H3/t29-,31-,32+,33-,34+/m1/s1. The zero-order valence-electron chi connectivity index (χ0n) is 26.7. The summed E-state index contributed by atoms with van der Waals surface area (Å²) >= 11 is 1.52. The molecule has 0 saturated carbocycles. The van der Waals surface area contributed by atoms with Gasteiger partial charge in [-0.05, 0) is 53.9 Å². The first-order valence-electron chi connectivity index (χ1n) is 14.7. The summed E-state index contributed by atoms with van der Waals surface area (Å²) in [5, 5.41) is 0. The molecule has 250 valence electrons. The van der Waals surface area contributed by atoms with E-state index in [4.69, 9.17) is 28.4 Å². The van der Waals surface area contributed by atoms with Crippen molar-refractivity contribution in [1.82, 2.24) is 0 Å². The van der Waals surface area contributed by atoms with Crippen LogP contribution in [0.2, 0.25) is 0 Å². The van der Waals surface area contributed by atoms with Crippen molar-refractivity contribution < 1.29 is 56.8 Å². The summed E-state index contributed by atoms with van der Waals surface area (Å²) in [4.78, 5) is 63.6. The molecule has 0 unspecified atom stereocenters. The minimum Gasteiger partial charge on any atom is -0.463 e. The second kappa shape index (κ2) is 14.9. The Hall–Kier alpha value is -4.62. The van der Waals surface area contributed by atoms with Crippen LogP contribution in [0.4, 0.5) is 4.39 Å². The molecule has 1 aliphatic rings. The molecule has 1 fully saturated rings. The molecule has 2 aromatic carbocycles. The number of esters is 5. The van der Waals surface area contributed by atoms with Crippen LogP contribution in [0.3, 0.4) is 0 Å². The fourth-order valence-electron chi connectivity index (χ4n) is 5.36. The van der Waals surface area contributed by atoms with E-state index in [0.29, 0.717) is 6.42 Å². The van der Waals surface area contributed by atoms with Crippen LogP contribution in [0.5, 0.6) is 0 Å². The van der Waals surface area contributed by atoms with Crippen LogP contribution in [-0.2, 0) is 64.6 Å². The zero-order valence-corrected chi connectivity index (χ0v) is 27.5. The fraction of sp³-hybridized carbons (Fsp3) is 0.382. The van der Waals surface area contributed by atoms with Gasteiger partial charge in [0.25, 0.3) is 5.79 Å². The number of aryl methyl sites for hydroxylation is 1. The first-order chi connectivity index (χ1) is 22.2. The topological polar surface area (TPSA) is 141 Å². The number of hydrogen-bond donors (Lipinski definition) is 0. The van der Waals surface area contributed by atoms with E-state index in [1.807, 2.05) is 19.1 Å². The van der Waals surface area contributed by atoms with Crippen molar-refractivity contribution in [1.29, 1.82) is 0 Å². The molecule has 1 aromatic heterocycles. The predicted molar refractivity (Wildman–Crippen MR) is 165 cm³/mol. The Kier molecular flexibility index (Phi) is 11.1. The molecule has 0 bridgehead atoms. The maximum atomic E-state index is 13.5. The van der Waals surface area contributed by atoms with E-state index in [9.17, 15) is 28.4 Å². The van der Waals surface area contributed by atoms with Gasteiger partial charge < -0.3 is 28.4 Å². The highest BCUT2D eigenvalue weighted by Gasteiger charge is 2.63. The predicted octanol–water partition coefficient (Wildman–Crippen LogP) is 4.93. The molecular formula is C34H35FO11S. The second-order valence-electron chi connectivity index (χ2n) is 11.0. The van der Waals surface area contributed by atoms with Gasteiger partial charge in [0.15, 0.2) is 12.2 Å². The van der Waals surface area contributed by atoms with Crippen molar-refractivity contribution in [2.75, 3.05) is 6.61 Å². The second-order valence-corrected chi connectivity index (χ2v) is 12.2. The molecule has 11 nitrogen and oxygen atoms in total. The molecule has 0 radical (unpaired) electrons. The summed E-state index contributed by atoms with van der Waals surface area (Å²) in [6, 6.07) is 15.2. The van der Waals surface area contributed by atoms with E-state index < -0.39 is 66.7 Å². The molecule has 0 spiro atoms. The highest BCUT2D eigenvalue weighted by molar-refractivity contribution is 7.15. The lowest BCUT2D eigenvalue weighted by atomic mass is 9.85. The number of carbonyl (C=O) groups is 5. The summed E-state index contributed by atoms with van der Waals surface area (Å²) < 4.78 is 47.6. The van der Waals surface area contributed by atoms with Crippen molar-refractivity contribution in [2.24, 2.45) is 0 Å². The van der Waals surface area contributed by atoms with Crippen LogP contribution >= 0.6 is 11.3 Å². The molecule has 3 aromatic rings. The van der Waals surface area contributed by atoms with Crippen molar-refractivity contribution in [3.05, 3.63) is 82.0 Å². The van der Waals surface area contributed by atoms with E-state index in [2.05, 4.69) is 0 Å². The minimum absolute atomic E-state index is 0.209. The number of rotatable bonds is 10. The van der Waals surface area contributed by atoms with E-state index >= 15 is 0 Å². The summed E-state index contributed by atoms with van der Waals surface area (Å²) in [7, 11) is 0. The number of hydrogen-bond acceptors (Lipinski definition) is 12. The molecular weight excluding hydrogens is 635 g/mol. The lowest BCUT2D eigenvalue weighted by Crippen LogP contribution is -2.67. The van der Waals surface area contributed by atoms with Crippen LogP contribution in [0.25, 0.3) is 10.4 Å². The van der Waals surface area contributed by atoms with Gasteiger partial charge in [-0.2, -0.15) is 0 Å². The summed E-state index contributed by atoms with van der Waals surface area (Å²) in [5.41, 5.74) is 2.73. The van der Waals surface area contributed by atoms with Crippen LogP contribution in [0, 0.1) is 12.7 Å².